The standard InChI is InChI=1S/C31H24F3N5O3/c1-38(23-7-3-21(32)4-8-23)29(41)31(13-14-31)28(40)37-22-5-9-24(10-6-22)42-27-12-15-35-26-16-19(2-11-25(26)27)20-17-36-39(18-20)30(33)34/h2-12,15-18,30H,13-14H2,1H3,(H,37,40). The highest BCUT2D eigenvalue weighted by Gasteiger charge is 2.57. The molecule has 0 unspecified atom stereocenters. The molecule has 2 amide bonds. The van der Waals surface area contributed by atoms with Gasteiger partial charge in [-0.05, 0) is 85.1 Å². The molecule has 0 aliphatic heterocycles. The van der Waals surface area contributed by atoms with Gasteiger partial charge in [-0.3, -0.25) is 14.6 Å². The maximum absolute atomic E-state index is 13.3. The molecular formula is C31H24F3N5O3. The van der Waals surface area contributed by atoms with Crippen molar-refractivity contribution in [3.8, 4) is 22.6 Å². The zero-order chi connectivity index (χ0) is 29.4. The van der Waals surface area contributed by atoms with E-state index < -0.39 is 23.7 Å². The Kier molecular flexibility index (Phi) is 6.85. The number of hydrogen-bond acceptors (Lipinski definition) is 5. The third-order valence-electron chi connectivity index (χ3n) is 7.29. The Hall–Kier alpha value is -5.19. The van der Waals surface area contributed by atoms with Crippen molar-refractivity contribution in [3.63, 3.8) is 0 Å². The van der Waals surface area contributed by atoms with Crippen LogP contribution in [0, 0.1) is 11.2 Å². The number of ether oxygens (including phenoxy) is 1. The summed E-state index contributed by atoms with van der Waals surface area (Å²) in [6, 6.07) is 19.4. The molecule has 1 N–H and O–H groups in total. The Bertz CT molecular complexity index is 1780. The quantitative estimate of drug-likeness (QED) is 0.207. The number of rotatable bonds is 8. The number of aromatic nitrogens is 3. The maximum atomic E-state index is 13.3. The second-order valence-corrected chi connectivity index (χ2v) is 10.0. The molecule has 3 aromatic carbocycles. The molecule has 6 rings (SSSR count). The summed E-state index contributed by atoms with van der Waals surface area (Å²) in [5.41, 5.74) is 1.69. The first kappa shape index (κ1) is 27.0. The molecule has 1 aliphatic carbocycles. The zero-order valence-electron chi connectivity index (χ0n) is 22.3. The molecule has 11 heteroatoms. The van der Waals surface area contributed by atoms with Crippen LogP contribution in [0.3, 0.4) is 0 Å². The van der Waals surface area contributed by atoms with Crippen LogP contribution in [0.2, 0.25) is 0 Å². The van der Waals surface area contributed by atoms with Gasteiger partial charge in [0.25, 0.3) is 0 Å². The molecule has 1 saturated carbocycles. The largest absolute Gasteiger partial charge is 0.457 e. The minimum absolute atomic E-state index is 0.345. The maximum Gasteiger partial charge on any atom is 0.333 e. The van der Waals surface area contributed by atoms with E-state index in [-0.39, 0.29) is 5.91 Å². The molecule has 1 aliphatic rings. The fourth-order valence-corrected chi connectivity index (χ4v) is 4.73. The van der Waals surface area contributed by atoms with Gasteiger partial charge in [0.05, 0.1) is 11.7 Å². The summed E-state index contributed by atoms with van der Waals surface area (Å²) < 4.78 is 45.8. The van der Waals surface area contributed by atoms with Gasteiger partial charge >= 0.3 is 6.55 Å². The van der Waals surface area contributed by atoms with Gasteiger partial charge in [-0.15, -0.1) is 0 Å². The summed E-state index contributed by atoms with van der Waals surface area (Å²) in [5, 5.41) is 7.23. The molecule has 0 atom stereocenters. The van der Waals surface area contributed by atoms with Gasteiger partial charge in [0.15, 0.2) is 0 Å². The van der Waals surface area contributed by atoms with E-state index in [1.165, 1.54) is 41.6 Å². The lowest BCUT2D eigenvalue weighted by Crippen LogP contribution is -2.41. The molecule has 0 spiro atoms. The van der Waals surface area contributed by atoms with E-state index in [2.05, 4.69) is 15.4 Å². The Balaban J connectivity index is 1.13. The first-order chi connectivity index (χ1) is 20.2. The summed E-state index contributed by atoms with van der Waals surface area (Å²) in [6.45, 7) is -2.72. The van der Waals surface area contributed by atoms with Crippen LogP contribution >= 0.6 is 0 Å². The fourth-order valence-electron chi connectivity index (χ4n) is 4.73. The Morgan fingerprint density at radius 3 is 2.40 bits per heavy atom. The first-order valence-electron chi connectivity index (χ1n) is 13.1. The van der Waals surface area contributed by atoms with Crippen LogP contribution in [-0.2, 0) is 9.59 Å². The number of benzene rings is 3. The molecule has 0 radical (unpaired) electrons. The SMILES string of the molecule is CN(C(=O)C1(C(=O)Nc2ccc(Oc3ccnc4cc(-c5cnn(C(F)F)c5)ccc34)cc2)CC1)c1ccc(F)cc1. The van der Waals surface area contributed by atoms with Crippen molar-refractivity contribution in [2.24, 2.45) is 5.41 Å². The van der Waals surface area contributed by atoms with E-state index in [1.807, 2.05) is 0 Å². The van der Waals surface area contributed by atoms with E-state index in [0.717, 1.165) is 5.39 Å². The Labute approximate surface area is 238 Å². The van der Waals surface area contributed by atoms with Crippen molar-refractivity contribution in [2.75, 3.05) is 17.3 Å². The van der Waals surface area contributed by atoms with Gasteiger partial charge in [-0.1, -0.05) is 6.07 Å². The molecule has 2 aromatic heterocycles. The topological polar surface area (TPSA) is 89.3 Å². The van der Waals surface area contributed by atoms with Crippen LogP contribution in [-0.4, -0.2) is 33.6 Å². The lowest BCUT2D eigenvalue weighted by molar-refractivity contribution is -0.132. The number of pyridine rings is 1. The van der Waals surface area contributed by atoms with Gasteiger partial charge in [-0.25, -0.2) is 9.07 Å². The molecule has 212 valence electrons. The van der Waals surface area contributed by atoms with Crippen LogP contribution < -0.4 is 15.0 Å². The fraction of sp³-hybridized carbons (Fsp3) is 0.161. The number of hydrogen-bond donors (Lipinski definition) is 1. The number of carbonyl (C=O) groups is 2. The molecule has 5 aromatic rings. The number of amides is 2. The number of anilines is 2. The van der Waals surface area contributed by atoms with Gasteiger partial charge in [0.2, 0.25) is 11.8 Å². The number of nitrogens with one attached hydrogen (secondary N) is 1. The molecule has 8 nitrogen and oxygen atoms in total. The average molecular weight is 572 g/mol. The van der Waals surface area contributed by atoms with E-state index in [1.54, 1.807) is 61.8 Å². The van der Waals surface area contributed by atoms with E-state index in [9.17, 15) is 22.8 Å². The lowest BCUT2D eigenvalue weighted by Gasteiger charge is -2.23. The van der Waals surface area contributed by atoms with E-state index in [4.69, 9.17) is 4.74 Å². The molecule has 0 bridgehead atoms. The predicted molar refractivity (Wildman–Crippen MR) is 151 cm³/mol. The summed E-state index contributed by atoms with van der Waals surface area (Å²) in [4.78, 5) is 32.0. The van der Waals surface area contributed by atoms with Gasteiger partial charge in [-0.2, -0.15) is 13.9 Å². The van der Waals surface area contributed by atoms with Crippen molar-refractivity contribution in [1.29, 1.82) is 0 Å². The van der Waals surface area contributed by atoms with Crippen LogP contribution in [0.15, 0.2) is 91.4 Å². The summed E-state index contributed by atoms with van der Waals surface area (Å²) >= 11 is 0. The number of nitrogens with zero attached hydrogens (tertiary/aromatic N) is 4. The molecular weight excluding hydrogens is 547 g/mol. The van der Waals surface area contributed by atoms with Crippen molar-refractivity contribution < 1.29 is 27.5 Å². The molecule has 0 saturated heterocycles. The summed E-state index contributed by atoms with van der Waals surface area (Å²) in [5.74, 6) is -0.100. The highest BCUT2D eigenvalue weighted by molar-refractivity contribution is 6.17. The van der Waals surface area contributed by atoms with Crippen LogP contribution in [0.4, 0.5) is 24.5 Å². The second kappa shape index (κ2) is 10.7. The third-order valence-corrected chi connectivity index (χ3v) is 7.29. The smallest absolute Gasteiger partial charge is 0.333 e. The summed E-state index contributed by atoms with van der Waals surface area (Å²) in [7, 11) is 1.57. The third kappa shape index (κ3) is 5.16. The van der Waals surface area contributed by atoms with E-state index >= 15 is 0 Å². The minimum Gasteiger partial charge on any atom is -0.457 e. The number of halogens is 3. The van der Waals surface area contributed by atoms with Gasteiger partial charge in [0.1, 0.15) is 22.7 Å². The first-order valence-corrected chi connectivity index (χ1v) is 13.1. The van der Waals surface area contributed by atoms with Crippen LogP contribution in [0.5, 0.6) is 11.5 Å². The van der Waals surface area contributed by atoms with Gasteiger partial charge < -0.3 is 15.0 Å². The normalized spacial score (nSPS) is 13.6. The zero-order valence-corrected chi connectivity index (χ0v) is 22.3. The Morgan fingerprint density at radius 1 is 1.00 bits per heavy atom. The lowest BCUT2D eigenvalue weighted by atomic mass is 10.0. The highest BCUT2D eigenvalue weighted by Crippen LogP contribution is 2.48. The van der Waals surface area contributed by atoms with Crippen molar-refractivity contribution in [2.45, 2.75) is 19.4 Å². The van der Waals surface area contributed by atoms with Crippen molar-refractivity contribution >= 4 is 34.1 Å². The van der Waals surface area contributed by atoms with Crippen LogP contribution in [0.25, 0.3) is 22.0 Å². The number of alkyl halides is 2. The van der Waals surface area contributed by atoms with Crippen LogP contribution in [0.1, 0.15) is 19.4 Å². The monoisotopic (exact) mass is 571 g/mol. The predicted octanol–water partition coefficient (Wildman–Crippen LogP) is 6.81. The van der Waals surface area contributed by atoms with E-state index in [0.29, 0.717) is 57.0 Å². The van der Waals surface area contributed by atoms with Crippen molar-refractivity contribution in [1.82, 2.24) is 14.8 Å². The Morgan fingerprint density at radius 2 is 1.74 bits per heavy atom. The van der Waals surface area contributed by atoms with Crippen molar-refractivity contribution in [3.05, 3.63) is 97.2 Å². The van der Waals surface area contributed by atoms with Gasteiger partial charge in [0, 0.05) is 41.8 Å². The molecule has 1 fully saturated rings. The molecule has 42 heavy (non-hydrogen) atoms. The number of fused-ring (bicyclic) bond motifs is 1. The summed E-state index contributed by atoms with van der Waals surface area (Å²) in [6.07, 6.45) is 5.09. The molecule has 2 heterocycles. The second-order valence-electron chi connectivity index (χ2n) is 10.0. The highest BCUT2D eigenvalue weighted by atomic mass is 19.3. The minimum atomic E-state index is -2.72. The number of carbonyl (C=O) groups excluding carboxylic acids is 2. The average Bonchev–Trinajstić information content (AvgIpc) is 3.66.